The van der Waals surface area contributed by atoms with E-state index in [0.29, 0.717) is 56.3 Å². The van der Waals surface area contributed by atoms with E-state index < -0.39 is 0 Å². The Morgan fingerprint density at radius 1 is 1.12 bits per heavy atom. The zero-order valence-electron chi connectivity index (χ0n) is 19.2. The van der Waals surface area contributed by atoms with E-state index in [-0.39, 0.29) is 17.2 Å². The minimum Gasteiger partial charge on any atom is -0.508 e. The van der Waals surface area contributed by atoms with Crippen LogP contribution in [0.5, 0.6) is 5.75 Å². The molecule has 0 radical (unpaired) electrons. The van der Waals surface area contributed by atoms with Gasteiger partial charge in [0, 0.05) is 23.6 Å². The van der Waals surface area contributed by atoms with Crippen LogP contribution in [0.1, 0.15) is 42.4 Å². The van der Waals surface area contributed by atoms with Gasteiger partial charge < -0.3 is 15.0 Å². The molecule has 0 unspecified atom stereocenters. The SMILES string of the molecule is CC(C)c1nn(-c2c(Cl)cc(Cl)cc2Cl)c2nc(Cc3ccc(CN(C)C)c(O)c3)[nH]c(=O)c12. The highest BCUT2D eigenvalue weighted by molar-refractivity contribution is 6.40. The van der Waals surface area contributed by atoms with Gasteiger partial charge >= 0.3 is 0 Å². The fourth-order valence-corrected chi connectivity index (χ4v) is 4.84. The summed E-state index contributed by atoms with van der Waals surface area (Å²) in [7, 11) is 3.87. The van der Waals surface area contributed by atoms with Crippen LogP contribution < -0.4 is 5.56 Å². The van der Waals surface area contributed by atoms with Crippen LogP contribution in [0.15, 0.2) is 35.1 Å². The van der Waals surface area contributed by atoms with Crippen LogP contribution in [0.3, 0.4) is 0 Å². The molecule has 0 spiro atoms. The van der Waals surface area contributed by atoms with Gasteiger partial charge in [0.2, 0.25) is 0 Å². The van der Waals surface area contributed by atoms with Gasteiger partial charge in [-0.05, 0) is 43.8 Å². The Morgan fingerprint density at radius 2 is 1.79 bits per heavy atom. The predicted molar refractivity (Wildman–Crippen MR) is 137 cm³/mol. The molecule has 34 heavy (non-hydrogen) atoms. The standard InChI is InChI=1S/C24H24Cl3N5O2/c1-12(2)21-20-23(32(30-21)22-16(26)9-15(25)10-17(22)27)28-19(29-24(20)34)8-13-5-6-14(11-31(3)4)18(33)7-13/h5-7,9-10,12,33H,8,11H2,1-4H3,(H,28,29,34). The molecule has 2 aromatic carbocycles. The molecular formula is C24H24Cl3N5O2. The molecule has 0 saturated heterocycles. The molecule has 10 heteroatoms. The molecule has 4 aromatic rings. The molecule has 0 atom stereocenters. The van der Waals surface area contributed by atoms with Gasteiger partial charge in [0.1, 0.15) is 22.6 Å². The maximum Gasteiger partial charge on any atom is 0.262 e. The summed E-state index contributed by atoms with van der Waals surface area (Å²) in [4.78, 5) is 22.7. The first kappa shape index (κ1) is 24.5. The Labute approximate surface area is 211 Å². The van der Waals surface area contributed by atoms with Crippen LogP contribution in [0, 0.1) is 0 Å². The van der Waals surface area contributed by atoms with E-state index in [9.17, 15) is 9.90 Å². The zero-order valence-corrected chi connectivity index (χ0v) is 21.4. The van der Waals surface area contributed by atoms with Crippen molar-refractivity contribution in [1.29, 1.82) is 0 Å². The van der Waals surface area contributed by atoms with Crippen molar-refractivity contribution < 1.29 is 5.11 Å². The molecule has 2 N–H and O–H groups in total. The summed E-state index contributed by atoms with van der Waals surface area (Å²) in [6.45, 7) is 4.51. The number of fused-ring (bicyclic) bond motifs is 1. The molecule has 2 aromatic heterocycles. The normalized spacial score (nSPS) is 11.8. The molecule has 0 saturated carbocycles. The number of nitrogens with zero attached hydrogens (tertiary/aromatic N) is 4. The molecule has 0 aliphatic rings. The van der Waals surface area contributed by atoms with Crippen LogP contribution in [-0.2, 0) is 13.0 Å². The number of aromatic hydroxyl groups is 1. The topological polar surface area (TPSA) is 87.0 Å². The number of hydrogen-bond acceptors (Lipinski definition) is 5. The van der Waals surface area contributed by atoms with Crippen molar-refractivity contribution in [3.63, 3.8) is 0 Å². The Bertz CT molecular complexity index is 1420. The molecule has 0 aliphatic heterocycles. The molecule has 0 aliphatic carbocycles. The van der Waals surface area contributed by atoms with E-state index in [0.717, 1.165) is 11.1 Å². The lowest BCUT2D eigenvalue weighted by molar-refractivity contribution is 0.385. The van der Waals surface area contributed by atoms with Crippen molar-refractivity contribution in [2.24, 2.45) is 0 Å². The van der Waals surface area contributed by atoms with Crippen LogP contribution >= 0.6 is 34.8 Å². The third-order valence-corrected chi connectivity index (χ3v) is 6.16. The fourth-order valence-electron chi connectivity index (χ4n) is 3.86. The highest BCUT2D eigenvalue weighted by atomic mass is 35.5. The number of benzene rings is 2. The summed E-state index contributed by atoms with van der Waals surface area (Å²) in [5.41, 5.74) is 2.66. The lowest BCUT2D eigenvalue weighted by atomic mass is 10.1. The maximum atomic E-state index is 13.1. The highest BCUT2D eigenvalue weighted by Gasteiger charge is 2.23. The van der Waals surface area contributed by atoms with Crippen molar-refractivity contribution >= 4 is 45.8 Å². The van der Waals surface area contributed by atoms with Gasteiger partial charge in [-0.2, -0.15) is 5.10 Å². The summed E-state index contributed by atoms with van der Waals surface area (Å²) >= 11 is 19.0. The summed E-state index contributed by atoms with van der Waals surface area (Å²) < 4.78 is 1.50. The maximum absolute atomic E-state index is 13.1. The Kier molecular flexibility index (Phi) is 6.92. The lowest BCUT2D eigenvalue weighted by Gasteiger charge is -2.12. The quantitative estimate of drug-likeness (QED) is 0.348. The molecule has 0 fully saturated rings. The molecule has 178 valence electrons. The Morgan fingerprint density at radius 3 is 2.38 bits per heavy atom. The number of phenols is 1. The van der Waals surface area contributed by atoms with Gasteiger partial charge in [-0.3, -0.25) is 4.79 Å². The van der Waals surface area contributed by atoms with E-state index in [1.165, 1.54) is 4.68 Å². The lowest BCUT2D eigenvalue weighted by Crippen LogP contribution is -2.14. The third kappa shape index (κ3) is 4.79. The zero-order chi connectivity index (χ0) is 24.7. The first-order chi connectivity index (χ1) is 16.0. The van der Waals surface area contributed by atoms with Gasteiger partial charge in [0.15, 0.2) is 5.65 Å². The van der Waals surface area contributed by atoms with Crippen molar-refractivity contribution in [3.8, 4) is 11.4 Å². The number of H-pyrrole nitrogens is 1. The smallest absolute Gasteiger partial charge is 0.262 e. The first-order valence-corrected chi connectivity index (χ1v) is 11.8. The predicted octanol–water partition coefficient (Wildman–Crippen LogP) is 5.55. The average Bonchev–Trinajstić information content (AvgIpc) is 3.09. The van der Waals surface area contributed by atoms with Gasteiger partial charge in [-0.15, -0.1) is 0 Å². The summed E-state index contributed by atoms with van der Waals surface area (Å²) in [5, 5.41) is 16.4. The minimum absolute atomic E-state index is 0.0384. The number of nitrogens with one attached hydrogen (secondary N) is 1. The molecule has 4 rings (SSSR count). The van der Waals surface area contributed by atoms with Gasteiger partial charge in [-0.1, -0.05) is 60.8 Å². The second kappa shape index (κ2) is 9.58. The summed E-state index contributed by atoms with van der Waals surface area (Å²) in [5.74, 6) is 0.583. The number of halogens is 3. The summed E-state index contributed by atoms with van der Waals surface area (Å²) in [6.07, 6.45) is 0.311. The number of hydrogen-bond donors (Lipinski definition) is 2. The molecule has 2 heterocycles. The average molecular weight is 521 g/mol. The second-order valence-electron chi connectivity index (χ2n) is 8.76. The van der Waals surface area contributed by atoms with Crippen molar-refractivity contribution in [2.75, 3.05) is 14.1 Å². The first-order valence-electron chi connectivity index (χ1n) is 10.7. The third-order valence-electron chi connectivity index (χ3n) is 5.36. The van der Waals surface area contributed by atoms with Crippen LogP contribution in [-0.4, -0.2) is 43.9 Å². The highest BCUT2D eigenvalue weighted by Crippen LogP contribution is 2.34. The van der Waals surface area contributed by atoms with Crippen LogP contribution in [0.2, 0.25) is 15.1 Å². The number of rotatable bonds is 6. The van der Waals surface area contributed by atoms with E-state index in [1.54, 1.807) is 18.2 Å². The summed E-state index contributed by atoms with van der Waals surface area (Å²) in [6, 6.07) is 8.60. The van der Waals surface area contributed by atoms with E-state index >= 15 is 0 Å². The monoisotopic (exact) mass is 519 g/mol. The van der Waals surface area contributed by atoms with E-state index in [2.05, 4.69) is 10.1 Å². The molecule has 0 bridgehead atoms. The van der Waals surface area contributed by atoms with Crippen molar-refractivity contribution in [3.05, 3.63) is 78.4 Å². The molecular weight excluding hydrogens is 497 g/mol. The van der Waals surface area contributed by atoms with E-state index in [4.69, 9.17) is 39.8 Å². The van der Waals surface area contributed by atoms with Crippen LogP contribution in [0.4, 0.5) is 0 Å². The second-order valence-corrected chi connectivity index (χ2v) is 10.0. The fraction of sp³-hybridized carbons (Fsp3) is 0.292. The largest absolute Gasteiger partial charge is 0.508 e. The Balaban J connectivity index is 1.85. The van der Waals surface area contributed by atoms with Gasteiger partial charge in [0.05, 0.1) is 15.7 Å². The molecule has 7 nitrogen and oxygen atoms in total. The number of aromatic nitrogens is 4. The van der Waals surface area contributed by atoms with Crippen molar-refractivity contribution in [1.82, 2.24) is 24.6 Å². The van der Waals surface area contributed by atoms with Crippen LogP contribution in [0.25, 0.3) is 16.7 Å². The van der Waals surface area contributed by atoms with E-state index in [1.807, 2.05) is 45.0 Å². The van der Waals surface area contributed by atoms with Gasteiger partial charge in [-0.25, -0.2) is 9.67 Å². The Hall–Kier alpha value is -2.58. The number of phenolic OH excluding ortho intramolecular Hbond substituents is 1. The number of aromatic amines is 1. The molecule has 0 amide bonds. The van der Waals surface area contributed by atoms with Crippen molar-refractivity contribution in [2.45, 2.75) is 32.7 Å². The van der Waals surface area contributed by atoms with Gasteiger partial charge in [0.25, 0.3) is 5.56 Å². The minimum atomic E-state index is -0.301.